The minimum atomic E-state index is 0.226. The molecule has 1 atom stereocenters. The molecule has 0 radical (unpaired) electrons. The van der Waals surface area contributed by atoms with Crippen molar-refractivity contribution in [3.63, 3.8) is 0 Å². The van der Waals surface area contributed by atoms with E-state index in [4.69, 9.17) is 23.2 Å². The van der Waals surface area contributed by atoms with Crippen LogP contribution in [0.4, 0.5) is 0 Å². The highest BCUT2D eigenvalue weighted by Gasteiger charge is 2.08. The predicted molar refractivity (Wildman–Crippen MR) is 76.0 cm³/mol. The Labute approximate surface area is 115 Å². The van der Waals surface area contributed by atoms with Crippen molar-refractivity contribution < 1.29 is 0 Å². The summed E-state index contributed by atoms with van der Waals surface area (Å²) in [4.78, 5) is 1.23. The van der Waals surface area contributed by atoms with E-state index >= 15 is 0 Å². The molecule has 0 aliphatic rings. The summed E-state index contributed by atoms with van der Waals surface area (Å²) in [6.07, 6.45) is 0. The zero-order valence-corrected chi connectivity index (χ0v) is 11.7. The second-order valence-electron chi connectivity index (χ2n) is 3.86. The van der Waals surface area contributed by atoms with Crippen LogP contribution in [0.15, 0.2) is 35.7 Å². The second kappa shape index (κ2) is 5.87. The van der Waals surface area contributed by atoms with Gasteiger partial charge in [0.05, 0.1) is 5.02 Å². The van der Waals surface area contributed by atoms with E-state index in [1.165, 1.54) is 4.88 Å². The standard InChI is InChI=1S/C13H13Cl2NS/c1-9(12-4-2-3-5-13(12)15)16-7-11-6-10(14)8-17-11/h2-6,8-9,16H,7H2,1H3/t9-/m1/s1. The molecule has 17 heavy (non-hydrogen) atoms. The highest BCUT2D eigenvalue weighted by molar-refractivity contribution is 7.10. The third-order valence-electron chi connectivity index (χ3n) is 2.58. The molecule has 1 aromatic carbocycles. The van der Waals surface area contributed by atoms with Gasteiger partial charge in [0.2, 0.25) is 0 Å². The Hall–Kier alpha value is -0.540. The van der Waals surface area contributed by atoms with Gasteiger partial charge in [-0.25, -0.2) is 0 Å². The lowest BCUT2D eigenvalue weighted by Gasteiger charge is -2.14. The molecule has 2 aromatic rings. The fraction of sp³-hybridized carbons (Fsp3) is 0.231. The van der Waals surface area contributed by atoms with Gasteiger partial charge in [-0.3, -0.25) is 0 Å². The van der Waals surface area contributed by atoms with Crippen LogP contribution >= 0.6 is 34.5 Å². The lowest BCUT2D eigenvalue weighted by atomic mass is 10.1. The smallest absolute Gasteiger partial charge is 0.0516 e. The monoisotopic (exact) mass is 285 g/mol. The number of thiophene rings is 1. The van der Waals surface area contributed by atoms with Crippen LogP contribution in [0.2, 0.25) is 10.0 Å². The maximum absolute atomic E-state index is 6.15. The average molecular weight is 286 g/mol. The van der Waals surface area contributed by atoms with Gasteiger partial charge in [0, 0.05) is 27.9 Å². The molecule has 0 aliphatic heterocycles. The van der Waals surface area contributed by atoms with Crippen molar-refractivity contribution >= 4 is 34.5 Å². The second-order valence-corrected chi connectivity index (χ2v) is 5.69. The normalized spacial score (nSPS) is 12.6. The minimum absolute atomic E-state index is 0.226. The number of rotatable bonds is 4. The van der Waals surface area contributed by atoms with Crippen LogP contribution < -0.4 is 5.32 Å². The molecule has 1 N–H and O–H groups in total. The van der Waals surface area contributed by atoms with E-state index in [2.05, 4.69) is 12.2 Å². The van der Waals surface area contributed by atoms with E-state index in [0.29, 0.717) is 0 Å². The van der Waals surface area contributed by atoms with Gasteiger partial charge in [-0.05, 0) is 24.6 Å². The van der Waals surface area contributed by atoms with Crippen molar-refractivity contribution in [2.75, 3.05) is 0 Å². The van der Waals surface area contributed by atoms with Crippen molar-refractivity contribution in [1.29, 1.82) is 0 Å². The Bertz CT molecular complexity index is 496. The van der Waals surface area contributed by atoms with E-state index in [-0.39, 0.29) is 6.04 Å². The summed E-state index contributed by atoms with van der Waals surface area (Å²) in [5.41, 5.74) is 1.12. The summed E-state index contributed by atoms with van der Waals surface area (Å²) >= 11 is 13.7. The quantitative estimate of drug-likeness (QED) is 0.842. The predicted octanol–water partition coefficient (Wildman–Crippen LogP) is 4.91. The van der Waals surface area contributed by atoms with E-state index in [0.717, 1.165) is 22.2 Å². The van der Waals surface area contributed by atoms with Gasteiger partial charge in [0.15, 0.2) is 0 Å². The van der Waals surface area contributed by atoms with Crippen LogP contribution in [-0.4, -0.2) is 0 Å². The van der Waals surface area contributed by atoms with E-state index < -0.39 is 0 Å². The third-order valence-corrected chi connectivity index (χ3v) is 4.20. The van der Waals surface area contributed by atoms with Crippen molar-refractivity contribution in [2.45, 2.75) is 19.5 Å². The first-order valence-corrected chi connectivity index (χ1v) is 7.01. The van der Waals surface area contributed by atoms with Crippen LogP contribution in [-0.2, 0) is 6.54 Å². The number of hydrogen-bond donors (Lipinski definition) is 1. The van der Waals surface area contributed by atoms with Crippen LogP contribution in [0.5, 0.6) is 0 Å². The molecular formula is C13H13Cl2NS. The highest BCUT2D eigenvalue weighted by atomic mass is 35.5. The fourth-order valence-electron chi connectivity index (χ4n) is 1.64. The molecule has 1 heterocycles. The van der Waals surface area contributed by atoms with Gasteiger partial charge in [-0.2, -0.15) is 0 Å². The lowest BCUT2D eigenvalue weighted by molar-refractivity contribution is 0.579. The molecule has 0 fully saturated rings. The van der Waals surface area contributed by atoms with E-state index in [9.17, 15) is 0 Å². The number of benzene rings is 1. The molecule has 90 valence electrons. The summed E-state index contributed by atoms with van der Waals surface area (Å²) in [6, 6.07) is 10.1. The van der Waals surface area contributed by atoms with E-state index in [1.807, 2.05) is 35.7 Å². The van der Waals surface area contributed by atoms with Gasteiger partial charge in [-0.1, -0.05) is 41.4 Å². The number of hydrogen-bond acceptors (Lipinski definition) is 2. The molecule has 0 aliphatic carbocycles. The molecule has 4 heteroatoms. The van der Waals surface area contributed by atoms with Gasteiger partial charge >= 0.3 is 0 Å². The van der Waals surface area contributed by atoms with Gasteiger partial charge in [0.1, 0.15) is 0 Å². The van der Waals surface area contributed by atoms with Crippen molar-refractivity contribution in [3.05, 3.63) is 56.2 Å². The zero-order chi connectivity index (χ0) is 12.3. The molecule has 1 aromatic heterocycles. The van der Waals surface area contributed by atoms with Gasteiger partial charge in [-0.15, -0.1) is 11.3 Å². The Morgan fingerprint density at radius 2 is 2.06 bits per heavy atom. The van der Waals surface area contributed by atoms with Gasteiger partial charge in [0.25, 0.3) is 0 Å². The Kier molecular flexibility index (Phi) is 4.46. The summed E-state index contributed by atoms with van der Waals surface area (Å²) in [7, 11) is 0. The Balaban J connectivity index is 1.98. The van der Waals surface area contributed by atoms with Crippen molar-refractivity contribution in [2.24, 2.45) is 0 Å². The molecule has 1 nitrogen and oxygen atoms in total. The molecular weight excluding hydrogens is 273 g/mol. The molecule has 0 bridgehead atoms. The van der Waals surface area contributed by atoms with Crippen LogP contribution in [0, 0.1) is 0 Å². The summed E-state index contributed by atoms with van der Waals surface area (Å²) < 4.78 is 0. The summed E-state index contributed by atoms with van der Waals surface area (Å²) in [5.74, 6) is 0. The highest BCUT2D eigenvalue weighted by Crippen LogP contribution is 2.24. The largest absolute Gasteiger partial charge is 0.305 e. The summed E-state index contributed by atoms with van der Waals surface area (Å²) in [6.45, 7) is 2.92. The lowest BCUT2D eigenvalue weighted by Crippen LogP contribution is -2.17. The van der Waals surface area contributed by atoms with Crippen LogP contribution in [0.3, 0.4) is 0 Å². The van der Waals surface area contributed by atoms with Crippen molar-refractivity contribution in [1.82, 2.24) is 5.32 Å². The Morgan fingerprint density at radius 3 is 2.71 bits per heavy atom. The first-order valence-electron chi connectivity index (χ1n) is 5.37. The van der Waals surface area contributed by atoms with Crippen LogP contribution in [0.25, 0.3) is 0 Å². The van der Waals surface area contributed by atoms with Crippen LogP contribution in [0.1, 0.15) is 23.4 Å². The average Bonchev–Trinajstić information content (AvgIpc) is 2.73. The minimum Gasteiger partial charge on any atom is -0.305 e. The molecule has 0 unspecified atom stereocenters. The topological polar surface area (TPSA) is 12.0 Å². The SMILES string of the molecule is C[C@@H](NCc1cc(Cl)cs1)c1ccccc1Cl. The van der Waals surface area contributed by atoms with Gasteiger partial charge < -0.3 is 5.32 Å². The molecule has 2 rings (SSSR count). The Morgan fingerprint density at radius 1 is 1.29 bits per heavy atom. The number of nitrogens with one attached hydrogen (secondary N) is 1. The van der Waals surface area contributed by atoms with Crippen molar-refractivity contribution in [3.8, 4) is 0 Å². The first kappa shape index (κ1) is 12.9. The zero-order valence-electron chi connectivity index (χ0n) is 9.41. The fourth-order valence-corrected chi connectivity index (χ4v) is 2.96. The molecule has 0 saturated carbocycles. The maximum atomic E-state index is 6.15. The maximum Gasteiger partial charge on any atom is 0.0516 e. The molecule has 0 spiro atoms. The first-order chi connectivity index (χ1) is 8.16. The third kappa shape index (κ3) is 3.46. The van der Waals surface area contributed by atoms with E-state index in [1.54, 1.807) is 11.3 Å². The summed E-state index contributed by atoms with van der Waals surface area (Å²) in [5, 5.41) is 6.99. The molecule has 0 amide bonds. The number of halogens is 2. The molecule has 0 saturated heterocycles.